The number of ether oxygens (including phenoxy) is 2. The molecule has 6 nitrogen and oxygen atoms in total. The zero-order chi connectivity index (χ0) is 12.6. The maximum absolute atomic E-state index is 11.1. The molecule has 0 saturated carbocycles. The molecule has 0 bridgehead atoms. The van der Waals surface area contributed by atoms with Crippen molar-refractivity contribution in [3.63, 3.8) is 0 Å². The lowest BCUT2D eigenvalue weighted by Gasteiger charge is -2.11. The number of aliphatic hydroxyl groups is 1. The van der Waals surface area contributed by atoms with E-state index in [0.717, 1.165) is 0 Å². The molecule has 0 aromatic heterocycles. The minimum atomic E-state index is -1.05. The van der Waals surface area contributed by atoms with Crippen molar-refractivity contribution in [3.05, 3.63) is 0 Å². The van der Waals surface area contributed by atoms with Crippen molar-refractivity contribution in [1.82, 2.24) is 0 Å². The first-order valence-corrected chi connectivity index (χ1v) is 5.11. The van der Waals surface area contributed by atoms with Crippen molar-refractivity contribution in [2.24, 2.45) is 5.92 Å². The molecule has 0 aliphatic rings. The van der Waals surface area contributed by atoms with Crippen LogP contribution in [0.25, 0.3) is 0 Å². The maximum atomic E-state index is 11.1. The van der Waals surface area contributed by atoms with Crippen LogP contribution in [0.4, 0.5) is 0 Å². The largest absolute Gasteiger partial charge is 0.481 e. The first-order chi connectivity index (χ1) is 7.47. The molecule has 2 atom stereocenters. The number of aliphatic carboxylic acids is 1. The van der Waals surface area contributed by atoms with E-state index in [4.69, 9.17) is 9.84 Å². The van der Waals surface area contributed by atoms with E-state index in [1.807, 2.05) is 0 Å². The number of rotatable bonds is 8. The highest BCUT2D eigenvalue weighted by molar-refractivity contribution is 5.78. The zero-order valence-electron chi connectivity index (χ0n) is 9.51. The topological polar surface area (TPSA) is 93.1 Å². The van der Waals surface area contributed by atoms with Crippen LogP contribution >= 0.6 is 0 Å². The molecule has 0 saturated heterocycles. The molecule has 0 rings (SSSR count). The van der Waals surface area contributed by atoms with Crippen LogP contribution in [0.1, 0.15) is 20.3 Å². The summed E-state index contributed by atoms with van der Waals surface area (Å²) in [7, 11) is 0. The van der Waals surface area contributed by atoms with E-state index >= 15 is 0 Å². The molecule has 6 heteroatoms. The number of aliphatic hydroxyl groups excluding tert-OH is 1. The molecule has 0 fully saturated rings. The van der Waals surface area contributed by atoms with Gasteiger partial charge in [-0.05, 0) is 6.92 Å². The number of carboxylic acids is 1. The standard InChI is InChI=1S/C10H18O6/c1-3-15-5-8(11)6-16-9(12)4-7(2)10(13)14/h7-8,11H,3-6H2,1-2H3,(H,13,14). The third-order valence-corrected chi connectivity index (χ3v) is 1.85. The highest BCUT2D eigenvalue weighted by Crippen LogP contribution is 2.03. The molecule has 2 unspecified atom stereocenters. The van der Waals surface area contributed by atoms with Crippen LogP contribution in [0.2, 0.25) is 0 Å². The second-order valence-electron chi connectivity index (χ2n) is 3.44. The predicted octanol–water partition coefficient (Wildman–Crippen LogP) is 0.0378. The van der Waals surface area contributed by atoms with Crippen molar-refractivity contribution in [3.8, 4) is 0 Å². The minimum absolute atomic E-state index is 0.0955. The summed E-state index contributed by atoms with van der Waals surface area (Å²) < 4.78 is 9.60. The van der Waals surface area contributed by atoms with Crippen molar-refractivity contribution in [1.29, 1.82) is 0 Å². The van der Waals surface area contributed by atoms with E-state index < -0.39 is 24.0 Å². The molecule has 0 aliphatic carbocycles. The Labute approximate surface area is 94.2 Å². The lowest BCUT2D eigenvalue weighted by atomic mass is 10.1. The van der Waals surface area contributed by atoms with Gasteiger partial charge in [-0.3, -0.25) is 9.59 Å². The summed E-state index contributed by atoms with van der Waals surface area (Å²) in [5.41, 5.74) is 0. The number of hydrogen-bond donors (Lipinski definition) is 2. The molecular weight excluding hydrogens is 216 g/mol. The van der Waals surface area contributed by atoms with E-state index in [0.29, 0.717) is 6.61 Å². The molecule has 0 aromatic carbocycles. The van der Waals surface area contributed by atoms with Crippen LogP contribution in [0.15, 0.2) is 0 Å². The van der Waals surface area contributed by atoms with Crippen molar-refractivity contribution >= 4 is 11.9 Å². The van der Waals surface area contributed by atoms with Gasteiger partial charge >= 0.3 is 11.9 Å². The lowest BCUT2D eigenvalue weighted by Crippen LogP contribution is -2.25. The Balaban J connectivity index is 3.68. The summed E-state index contributed by atoms with van der Waals surface area (Å²) >= 11 is 0. The van der Waals surface area contributed by atoms with E-state index in [2.05, 4.69) is 4.74 Å². The second kappa shape index (κ2) is 8.06. The Morgan fingerprint density at radius 2 is 1.94 bits per heavy atom. The quantitative estimate of drug-likeness (QED) is 0.576. The molecule has 0 radical (unpaired) electrons. The van der Waals surface area contributed by atoms with Crippen LogP contribution in [-0.4, -0.2) is 48.1 Å². The number of carbonyl (C=O) groups is 2. The van der Waals surface area contributed by atoms with E-state index in [-0.39, 0.29) is 19.6 Å². The Bertz CT molecular complexity index is 227. The highest BCUT2D eigenvalue weighted by atomic mass is 16.5. The first kappa shape index (κ1) is 14.9. The van der Waals surface area contributed by atoms with Gasteiger partial charge in [0.15, 0.2) is 0 Å². The molecule has 0 amide bonds. The number of esters is 1. The van der Waals surface area contributed by atoms with Gasteiger partial charge in [-0.25, -0.2) is 0 Å². The average Bonchev–Trinajstić information content (AvgIpc) is 2.23. The van der Waals surface area contributed by atoms with Crippen molar-refractivity contribution in [2.75, 3.05) is 19.8 Å². The SMILES string of the molecule is CCOCC(O)COC(=O)CC(C)C(=O)O. The Hall–Kier alpha value is -1.14. The molecular formula is C10H18O6. The molecule has 0 aromatic rings. The normalized spacial score (nSPS) is 14.2. The van der Waals surface area contributed by atoms with Gasteiger partial charge in [0.1, 0.15) is 12.7 Å². The van der Waals surface area contributed by atoms with Gasteiger partial charge in [-0.1, -0.05) is 6.92 Å². The van der Waals surface area contributed by atoms with Gasteiger partial charge in [0.25, 0.3) is 0 Å². The minimum Gasteiger partial charge on any atom is -0.481 e. The number of carbonyl (C=O) groups excluding carboxylic acids is 1. The van der Waals surface area contributed by atoms with Gasteiger partial charge in [-0.2, -0.15) is 0 Å². The summed E-state index contributed by atoms with van der Waals surface area (Å²) in [6, 6.07) is 0. The summed E-state index contributed by atoms with van der Waals surface area (Å²) in [6.45, 7) is 3.60. The Morgan fingerprint density at radius 3 is 2.44 bits per heavy atom. The summed E-state index contributed by atoms with van der Waals surface area (Å²) in [6.07, 6.45) is -1.07. The van der Waals surface area contributed by atoms with Crippen LogP contribution in [0.5, 0.6) is 0 Å². The fourth-order valence-corrected chi connectivity index (χ4v) is 0.887. The Kier molecular flexibility index (Phi) is 7.49. The van der Waals surface area contributed by atoms with Gasteiger partial charge in [0.2, 0.25) is 0 Å². The molecule has 2 N–H and O–H groups in total. The molecule has 0 aliphatic heterocycles. The van der Waals surface area contributed by atoms with Gasteiger partial charge in [0.05, 0.1) is 18.9 Å². The number of hydrogen-bond acceptors (Lipinski definition) is 5. The smallest absolute Gasteiger partial charge is 0.306 e. The van der Waals surface area contributed by atoms with Crippen molar-refractivity contribution < 1.29 is 29.3 Å². The predicted molar refractivity (Wildman–Crippen MR) is 54.9 cm³/mol. The van der Waals surface area contributed by atoms with Crippen LogP contribution < -0.4 is 0 Å². The molecule has 94 valence electrons. The van der Waals surface area contributed by atoms with Gasteiger partial charge < -0.3 is 19.7 Å². The highest BCUT2D eigenvalue weighted by Gasteiger charge is 2.17. The second-order valence-corrected chi connectivity index (χ2v) is 3.44. The molecule has 16 heavy (non-hydrogen) atoms. The van der Waals surface area contributed by atoms with Crippen LogP contribution in [-0.2, 0) is 19.1 Å². The van der Waals surface area contributed by atoms with Gasteiger partial charge in [0, 0.05) is 6.61 Å². The van der Waals surface area contributed by atoms with Gasteiger partial charge in [-0.15, -0.1) is 0 Å². The van der Waals surface area contributed by atoms with Crippen LogP contribution in [0, 0.1) is 5.92 Å². The van der Waals surface area contributed by atoms with E-state index in [1.54, 1.807) is 6.92 Å². The van der Waals surface area contributed by atoms with Crippen LogP contribution in [0.3, 0.4) is 0 Å². The summed E-state index contributed by atoms with van der Waals surface area (Å²) in [4.78, 5) is 21.5. The first-order valence-electron chi connectivity index (χ1n) is 5.11. The molecule has 0 spiro atoms. The zero-order valence-corrected chi connectivity index (χ0v) is 9.51. The lowest BCUT2D eigenvalue weighted by molar-refractivity contribution is -0.153. The monoisotopic (exact) mass is 234 g/mol. The third-order valence-electron chi connectivity index (χ3n) is 1.85. The maximum Gasteiger partial charge on any atom is 0.306 e. The van der Waals surface area contributed by atoms with E-state index in [1.165, 1.54) is 6.92 Å². The summed E-state index contributed by atoms with van der Waals surface area (Å²) in [5, 5.41) is 17.8. The fraction of sp³-hybridized carbons (Fsp3) is 0.800. The fourth-order valence-electron chi connectivity index (χ4n) is 0.887. The Morgan fingerprint density at radius 1 is 1.31 bits per heavy atom. The number of carboxylic acid groups (broad SMARTS) is 1. The molecule has 0 heterocycles. The van der Waals surface area contributed by atoms with Crippen molar-refractivity contribution in [2.45, 2.75) is 26.4 Å². The van der Waals surface area contributed by atoms with E-state index in [9.17, 15) is 14.7 Å². The average molecular weight is 234 g/mol. The third kappa shape index (κ3) is 7.19. The summed E-state index contributed by atoms with van der Waals surface area (Å²) in [5.74, 6) is -2.46.